The zero-order chi connectivity index (χ0) is 22.0. The molecule has 1 saturated carbocycles. The number of morpholine rings is 1. The number of ether oxygens (including phenoxy) is 2. The van der Waals surface area contributed by atoms with Gasteiger partial charge in [-0.3, -0.25) is 4.98 Å². The summed E-state index contributed by atoms with van der Waals surface area (Å²) in [5.41, 5.74) is 4.31. The average molecular weight is 447 g/mol. The Morgan fingerprint density at radius 3 is 2.73 bits per heavy atom. The largest absolute Gasteiger partial charge is 0.488 e. The van der Waals surface area contributed by atoms with Gasteiger partial charge >= 0.3 is 0 Å². The van der Waals surface area contributed by atoms with Crippen LogP contribution in [0.4, 0.5) is 11.6 Å². The van der Waals surface area contributed by atoms with Crippen LogP contribution in [0.15, 0.2) is 37.1 Å². The Labute approximate surface area is 190 Å². The lowest BCUT2D eigenvalue weighted by atomic mass is 9.93. The molecule has 3 aromatic heterocycles. The van der Waals surface area contributed by atoms with Gasteiger partial charge < -0.3 is 24.7 Å². The van der Waals surface area contributed by atoms with Gasteiger partial charge in [-0.05, 0) is 31.7 Å². The third kappa shape index (κ3) is 4.25. The lowest BCUT2D eigenvalue weighted by molar-refractivity contribution is 0.122. The van der Waals surface area contributed by atoms with Crippen molar-refractivity contribution in [2.45, 2.75) is 37.8 Å². The van der Waals surface area contributed by atoms with E-state index in [-0.39, 0.29) is 6.10 Å². The Morgan fingerprint density at radius 1 is 1.00 bits per heavy atom. The van der Waals surface area contributed by atoms with Crippen LogP contribution >= 0.6 is 0 Å². The van der Waals surface area contributed by atoms with E-state index in [1.165, 1.54) is 0 Å². The molecule has 33 heavy (non-hydrogen) atoms. The van der Waals surface area contributed by atoms with Gasteiger partial charge in [0.25, 0.3) is 0 Å². The molecule has 4 aromatic rings. The van der Waals surface area contributed by atoms with Crippen LogP contribution in [0.25, 0.3) is 22.2 Å². The van der Waals surface area contributed by atoms with Crippen LogP contribution < -0.4 is 15.0 Å². The van der Waals surface area contributed by atoms with Crippen molar-refractivity contribution in [2.24, 2.45) is 0 Å². The smallest absolute Gasteiger partial charge is 0.225 e. The lowest BCUT2D eigenvalue weighted by Gasteiger charge is -2.31. The van der Waals surface area contributed by atoms with E-state index >= 15 is 0 Å². The van der Waals surface area contributed by atoms with Crippen molar-refractivity contribution in [3.05, 3.63) is 37.1 Å². The molecule has 4 heterocycles. The number of rotatable bonds is 5. The SMILES string of the molecule is c1cnc2c(OC3CCC(Nc4ncc5[nH]cnc5n4)CC3)cc(N3CCOCC3)cc2n1. The standard InChI is InChI=1S/C23H26N8O2/c1-3-17(4-2-15(1)29-23-26-13-19-22(30-23)28-14-27-19)33-20-12-16(31-7-9-32-10-8-31)11-18-21(20)25-6-5-24-18/h5-6,11-15,17H,1-4,7-10H2,(H2,26,27,28,29,30). The van der Waals surface area contributed by atoms with Gasteiger partial charge in [0, 0.05) is 43.3 Å². The maximum absolute atomic E-state index is 6.51. The second-order valence-electron chi connectivity index (χ2n) is 8.54. The van der Waals surface area contributed by atoms with Gasteiger partial charge in [-0.25, -0.2) is 15.0 Å². The van der Waals surface area contributed by atoms with Gasteiger partial charge in [0.1, 0.15) is 16.8 Å². The van der Waals surface area contributed by atoms with Crippen molar-refractivity contribution in [2.75, 3.05) is 36.5 Å². The molecule has 0 atom stereocenters. The van der Waals surface area contributed by atoms with Crippen LogP contribution in [0.3, 0.4) is 0 Å². The van der Waals surface area contributed by atoms with Crippen LogP contribution in [-0.2, 0) is 4.74 Å². The lowest BCUT2D eigenvalue weighted by Crippen LogP contribution is -2.36. The molecular weight excluding hydrogens is 420 g/mol. The predicted molar refractivity (Wildman–Crippen MR) is 125 cm³/mol. The van der Waals surface area contributed by atoms with Crippen LogP contribution in [-0.4, -0.2) is 68.4 Å². The first kappa shape index (κ1) is 20.1. The first-order valence-electron chi connectivity index (χ1n) is 11.5. The van der Waals surface area contributed by atoms with Crippen molar-refractivity contribution < 1.29 is 9.47 Å². The van der Waals surface area contributed by atoms with E-state index in [1.807, 2.05) is 0 Å². The minimum Gasteiger partial charge on any atom is -0.488 e. The van der Waals surface area contributed by atoms with Gasteiger partial charge in [-0.1, -0.05) is 0 Å². The molecule has 0 bridgehead atoms. The predicted octanol–water partition coefficient (Wildman–Crippen LogP) is 2.93. The molecule has 0 spiro atoms. The van der Waals surface area contributed by atoms with E-state index < -0.39 is 0 Å². The summed E-state index contributed by atoms with van der Waals surface area (Å²) in [6.07, 6.45) is 10.9. The Hall–Kier alpha value is -3.53. The molecule has 1 saturated heterocycles. The van der Waals surface area contributed by atoms with Crippen LogP contribution in [0.2, 0.25) is 0 Å². The first-order chi connectivity index (χ1) is 16.3. The molecule has 0 amide bonds. The number of nitrogens with one attached hydrogen (secondary N) is 2. The summed E-state index contributed by atoms with van der Waals surface area (Å²) in [4.78, 5) is 27.5. The van der Waals surface area contributed by atoms with E-state index in [0.717, 1.165) is 80.0 Å². The Kier molecular flexibility index (Phi) is 5.35. The Morgan fingerprint density at radius 2 is 1.85 bits per heavy atom. The van der Waals surface area contributed by atoms with E-state index in [1.54, 1.807) is 24.9 Å². The monoisotopic (exact) mass is 446 g/mol. The van der Waals surface area contributed by atoms with E-state index in [9.17, 15) is 0 Å². The number of anilines is 2. The fourth-order valence-corrected chi connectivity index (χ4v) is 4.62. The molecule has 0 radical (unpaired) electrons. The van der Waals surface area contributed by atoms with Crippen molar-refractivity contribution in [1.82, 2.24) is 29.9 Å². The number of benzene rings is 1. The highest BCUT2D eigenvalue weighted by atomic mass is 16.5. The second kappa shape index (κ2) is 8.78. The van der Waals surface area contributed by atoms with Gasteiger partial charge in [0.2, 0.25) is 5.95 Å². The van der Waals surface area contributed by atoms with Crippen molar-refractivity contribution in [3.8, 4) is 5.75 Å². The normalized spacial score (nSPS) is 21.4. The summed E-state index contributed by atoms with van der Waals surface area (Å²) < 4.78 is 12.0. The number of imidazole rings is 1. The zero-order valence-electron chi connectivity index (χ0n) is 18.3. The molecule has 2 N–H and O–H groups in total. The number of aromatic nitrogens is 6. The molecular formula is C23H26N8O2. The third-order valence-corrected chi connectivity index (χ3v) is 6.38. The van der Waals surface area contributed by atoms with Crippen LogP contribution in [0, 0.1) is 0 Å². The van der Waals surface area contributed by atoms with E-state index in [2.05, 4.69) is 52.3 Å². The van der Waals surface area contributed by atoms with Crippen molar-refractivity contribution in [1.29, 1.82) is 0 Å². The molecule has 10 nitrogen and oxygen atoms in total. The molecule has 2 aliphatic rings. The second-order valence-corrected chi connectivity index (χ2v) is 8.54. The first-order valence-corrected chi connectivity index (χ1v) is 11.5. The summed E-state index contributed by atoms with van der Waals surface area (Å²) in [6, 6.07) is 4.52. The molecule has 2 fully saturated rings. The summed E-state index contributed by atoms with van der Waals surface area (Å²) in [7, 11) is 0. The minimum atomic E-state index is 0.142. The number of H-pyrrole nitrogens is 1. The fraction of sp³-hybridized carbons (Fsp3) is 0.435. The van der Waals surface area contributed by atoms with Crippen molar-refractivity contribution in [3.63, 3.8) is 0 Å². The molecule has 1 aliphatic carbocycles. The summed E-state index contributed by atoms with van der Waals surface area (Å²) in [5, 5.41) is 3.46. The number of aromatic amines is 1. The quantitative estimate of drug-likeness (QED) is 0.477. The summed E-state index contributed by atoms with van der Waals surface area (Å²) in [5.74, 6) is 1.43. The average Bonchev–Trinajstić information content (AvgIpc) is 3.34. The highest BCUT2D eigenvalue weighted by molar-refractivity contribution is 5.85. The maximum Gasteiger partial charge on any atom is 0.225 e. The highest BCUT2D eigenvalue weighted by Crippen LogP contribution is 2.33. The summed E-state index contributed by atoms with van der Waals surface area (Å²) >= 11 is 0. The molecule has 6 rings (SSSR count). The van der Waals surface area contributed by atoms with Gasteiger partial charge in [0.05, 0.1) is 37.4 Å². The topological polar surface area (TPSA) is 114 Å². The number of hydrogen-bond acceptors (Lipinski definition) is 9. The van der Waals surface area contributed by atoms with E-state index in [4.69, 9.17) is 9.47 Å². The van der Waals surface area contributed by atoms with Crippen LogP contribution in [0.5, 0.6) is 5.75 Å². The Bertz CT molecular complexity index is 1250. The highest BCUT2D eigenvalue weighted by Gasteiger charge is 2.25. The molecule has 10 heteroatoms. The number of fused-ring (bicyclic) bond motifs is 2. The molecule has 0 unspecified atom stereocenters. The fourth-order valence-electron chi connectivity index (χ4n) is 4.62. The molecule has 1 aromatic carbocycles. The third-order valence-electron chi connectivity index (χ3n) is 6.38. The number of nitrogens with zero attached hydrogens (tertiary/aromatic N) is 6. The molecule has 170 valence electrons. The van der Waals surface area contributed by atoms with Gasteiger partial charge in [-0.2, -0.15) is 4.98 Å². The van der Waals surface area contributed by atoms with E-state index in [0.29, 0.717) is 17.6 Å². The van der Waals surface area contributed by atoms with Gasteiger partial charge in [0.15, 0.2) is 5.65 Å². The van der Waals surface area contributed by atoms with Gasteiger partial charge in [-0.15, -0.1) is 0 Å². The maximum atomic E-state index is 6.51. The summed E-state index contributed by atoms with van der Waals surface area (Å²) in [6.45, 7) is 3.22. The minimum absolute atomic E-state index is 0.142. The Balaban J connectivity index is 1.14. The van der Waals surface area contributed by atoms with Crippen LogP contribution in [0.1, 0.15) is 25.7 Å². The zero-order valence-corrected chi connectivity index (χ0v) is 18.3. The van der Waals surface area contributed by atoms with Crippen molar-refractivity contribution >= 4 is 33.8 Å². The molecule has 1 aliphatic heterocycles. The number of hydrogen-bond donors (Lipinski definition) is 2.